The minimum atomic E-state index is -0.897. The third-order valence-electron chi connectivity index (χ3n) is 6.11. The van der Waals surface area contributed by atoms with Crippen LogP contribution in [0.1, 0.15) is 52.0 Å². The standard InChI is InChI=1S/C27H31N3O5/c1-18-10-12-20(13-11-18)25(26(31)28-15-22-8-6-14-34-22)30(27(32)23-17-35-19(2)29-23)16-21-7-4-5-9-24(21)33-3/h4-5,7,9-13,17,22,25H,6,8,14-16H2,1-3H3,(H,28,31). The molecule has 1 aliphatic rings. The first-order valence-electron chi connectivity index (χ1n) is 11.8. The van der Waals surface area contributed by atoms with E-state index in [4.69, 9.17) is 13.9 Å². The Labute approximate surface area is 205 Å². The van der Waals surface area contributed by atoms with Gasteiger partial charge in [-0.25, -0.2) is 4.98 Å². The maximum atomic E-state index is 13.8. The van der Waals surface area contributed by atoms with Gasteiger partial charge in [-0.15, -0.1) is 0 Å². The molecule has 1 N–H and O–H groups in total. The summed E-state index contributed by atoms with van der Waals surface area (Å²) in [6.45, 7) is 4.88. The molecule has 0 radical (unpaired) electrons. The van der Waals surface area contributed by atoms with Crippen molar-refractivity contribution < 1.29 is 23.5 Å². The third-order valence-corrected chi connectivity index (χ3v) is 6.11. The lowest BCUT2D eigenvalue weighted by molar-refractivity contribution is -0.126. The number of hydrogen-bond acceptors (Lipinski definition) is 6. The van der Waals surface area contributed by atoms with E-state index in [1.807, 2.05) is 55.5 Å². The molecule has 1 fully saturated rings. The van der Waals surface area contributed by atoms with Crippen LogP contribution in [-0.2, 0) is 16.1 Å². The van der Waals surface area contributed by atoms with E-state index in [0.29, 0.717) is 30.4 Å². The first-order valence-corrected chi connectivity index (χ1v) is 11.8. The maximum Gasteiger partial charge on any atom is 0.277 e. The SMILES string of the molecule is COc1ccccc1CN(C(=O)c1coc(C)n1)C(C(=O)NCC1CCCO1)c1ccc(C)cc1. The Bertz CT molecular complexity index is 1150. The van der Waals surface area contributed by atoms with Gasteiger partial charge in [0.25, 0.3) is 5.91 Å². The van der Waals surface area contributed by atoms with E-state index in [0.717, 1.165) is 24.0 Å². The van der Waals surface area contributed by atoms with Crippen LogP contribution in [0, 0.1) is 13.8 Å². The molecule has 0 bridgehead atoms. The van der Waals surface area contributed by atoms with E-state index in [1.54, 1.807) is 14.0 Å². The van der Waals surface area contributed by atoms with Gasteiger partial charge in [-0.3, -0.25) is 9.59 Å². The minimum Gasteiger partial charge on any atom is -0.496 e. The number of nitrogens with zero attached hydrogens (tertiary/aromatic N) is 2. The Morgan fingerprint density at radius 2 is 1.94 bits per heavy atom. The van der Waals surface area contributed by atoms with Crippen LogP contribution in [0.25, 0.3) is 0 Å². The molecule has 2 amide bonds. The fourth-order valence-corrected chi connectivity index (χ4v) is 4.24. The summed E-state index contributed by atoms with van der Waals surface area (Å²) in [6, 6.07) is 14.2. The highest BCUT2D eigenvalue weighted by atomic mass is 16.5. The summed E-state index contributed by atoms with van der Waals surface area (Å²) in [5.41, 5.74) is 2.67. The van der Waals surface area contributed by atoms with Crippen LogP contribution in [-0.4, -0.2) is 48.1 Å². The Balaban J connectivity index is 1.73. The zero-order chi connectivity index (χ0) is 24.8. The minimum absolute atomic E-state index is 0.0193. The van der Waals surface area contributed by atoms with E-state index in [1.165, 1.54) is 11.2 Å². The molecule has 35 heavy (non-hydrogen) atoms. The van der Waals surface area contributed by atoms with Crippen molar-refractivity contribution in [3.63, 3.8) is 0 Å². The summed E-state index contributed by atoms with van der Waals surface area (Å²) < 4.78 is 16.5. The largest absolute Gasteiger partial charge is 0.496 e. The summed E-state index contributed by atoms with van der Waals surface area (Å²) >= 11 is 0. The smallest absolute Gasteiger partial charge is 0.277 e. The lowest BCUT2D eigenvalue weighted by Crippen LogP contribution is -2.45. The van der Waals surface area contributed by atoms with E-state index in [2.05, 4.69) is 10.3 Å². The van der Waals surface area contributed by atoms with Gasteiger partial charge in [-0.1, -0.05) is 48.0 Å². The van der Waals surface area contributed by atoms with E-state index in [-0.39, 0.29) is 24.2 Å². The summed E-state index contributed by atoms with van der Waals surface area (Å²) in [7, 11) is 1.58. The van der Waals surface area contributed by atoms with E-state index in [9.17, 15) is 9.59 Å². The lowest BCUT2D eigenvalue weighted by atomic mass is 10.0. The number of methoxy groups -OCH3 is 1. The van der Waals surface area contributed by atoms with Gasteiger partial charge in [-0.05, 0) is 31.4 Å². The first kappa shape index (κ1) is 24.5. The monoisotopic (exact) mass is 477 g/mol. The predicted molar refractivity (Wildman–Crippen MR) is 130 cm³/mol. The predicted octanol–water partition coefficient (Wildman–Crippen LogP) is 3.98. The number of aryl methyl sites for hydroxylation is 2. The molecule has 2 unspecified atom stereocenters. The lowest BCUT2D eigenvalue weighted by Gasteiger charge is -2.31. The van der Waals surface area contributed by atoms with Crippen molar-refractivity contribution in [1.82, 2.24) is 15.2 Å². The molecule has 1 aliphatic heterocycles. The molecule has 0 spiro atoms. The Morgan fingerprint density at radius 3 is 2.60 bits per heavy atom. The number of carbonyl (C=O) groups excluding carboxylic acids is 2. The van der Waals surface area contributed by atoms with Crippen molar-refractivity contribution in [1.29, 1.82) is 0 Å². The molecule has 2 atom stereocenters. The topological polar surface area (TPSA) is 93.9 Å². The maximum absolute atomic E-state index is 13.8. The zero-order valence-electron chi connectivity index (χ0n) is 20.3. The molecule has 8 heteroatoms. The van der Waals surface area contributed by atoms with Gasteiger partial charge in [0.1, 0.15) is 18.1 Å². The van der Waals surface area contributed by atoms with Crippen molar-refractivity contribution in [2.24, 2.45) is 0 Å². The molecule has 0 saturated carbocycles. The molecule has 0 aliphatic carbocycles. The average Bonchev–Trinajstić information content (AvgIpc) is 3.55. The molecule has 1 saturated heterocycles. The number of oxazole rings is 1. The number of hydrogen-bond donors (Lipinski definition) is 1. The number of aromatic nitrogens is 1. The second kappa shape index (κ2) is 11.2. The van der Waals surface area contributed by atoms with E-state index >= 15 is 0 Å². The highest BCUT2D eigenvalue weighted by Crippen LogP contribution is 2.29. The highest BCUT2D eigenvalue weighted by Gasteiger charge is 2.34. The molecule has 3 aromatic rings. The van der Waals surface area contributed by atoms with Gasteiger partial charge in [0.2, 0.25) is 5.91 Å². The molecule has 2 aromatic carbocycles. The second-order valence-corrected chi connectivity index (χ2v) is 8.69. The Hall–Kier alpha value is -3.65. The van der Waals surface area contributed by atoms with Crippen molar-refractivity contribution in [3.05, 3.63) is 83.1 Å². The number of rotatable bonds is 9. The molecule has 8 nitrogen and oxygen atoms in total. The summed E-state index contributed by atoms with van der Waals surface area (Å²) in [4.78, 5) is 33.2. The van der Waals surface area contributed by atoms with Crippen LogP contribution in [0.4, 0.5) is 0 Å². The zero-order valence-corrected chi connectivity index (χ0v) is 20.3. The molecule has 4 rings (SSSR count). The summed E-state index contributed by atoms with van der Waals surface area (Å²) in [5.74, 6) is 0.308. The quantitative estimate of drug-likeness (QED) is 0.501. The van der Waals surface area contributed by atoms with Gasteiger partial charge in [-0.2, -0.15) is 0 Å². The number of nitrogens with one attached hydrogen (secondary N) is 1. The van der Waals surface area contributed by atoms with Crippen molar-refractivity contribution in [3.8, 4) is 5.75 Å². The van der Waals surface area contributed by atoms with Gasteiger partial charge >= 0.3 is 0 Å². The molecular formula is C27H31N3O5. The number of amides is 2. The van der Waals surface area contributed by atoms with Crippen molar-refractivity contribution >= 4 is 11.8 Å². The van der Waals surface area contributed by atoms with Gasteiger partial charge in [0, 0.05) is 25.6 Å². The van der Waals surface area contributed by atoms with Crippen LogP contribution in [0.3, 0.4) is 0 Å². The van der Waals surface area contributed by atoms with Crippen LogP contribution in [0.2, 0.25) is 0 Å². The highest BCUT2D eigenvalue weighted by molar-refractivity contribution is 5.96. The molecule has 2 heterocycles. The van der Waals surface area contributed by atoms with Gasteiger partial charge in [0.15, 0.2) is 11.6 Å². The molecule has 1 aromatic heterocycles. The third kappa shape index (κ3) is 5.89. The van der Waals surface area contributed by atoms with E-state index < -0.39 is 11.9 Å². The number of carbonyl (C=O) groups is 2. The van der Waals surface area contributed by atoms with Gasteiger partial charge in [0.05, 0.1) is 19.8 Å². The normalized spacial score (nSPS) is 16.0. The Kier molecular flexibility index (Phi) is 7.82. The van der Waals surface area contributed by atoms with Crippen LogP contribution < -0.4 is 10.1 Å². The number of para-hydroxylation sites is 1. The van der Waals surface area contributed by atoms with Crippen LogP contribution >= 0.6 is 0 Å². The number of benzene rings is 2. The fraction of sp³-hybridized carbons (Fsp3) is 0.370. The summed E-state index contributed by atoms with van der Waals surface area (Å²) in [6.07, 6.45) is 3.18. The molecule has 184 valence electrons. The second-order valence-electron chi connectivity index (χ2n) is 8.69. The first-order chi connectivity index (χ1) is 17.0. The van der Waals surface area contributed by atoms with Crippen molar-refractivity contribution in [2.75, 3.05) is 20.3 Å². The fourth-order valence-electron chi connectivity index (χ4n) is 4.24. The van der Waals surface area contributed by atoms with Crippen LogP contribution in [0.5, 0.6) is 5.75 Å². The van der Waals surface area contributed by atoms with Gasteiger partial charge < -0.3 is 24.1 Å². The number of ether oxygens (including phenoxy) is 2. The summed E-state index contributed by atoms with van der Waals surface area (Å²) in [5, 5.41) is 3.01. The van der Waals surface area contributed by atoms with Crippen molar-refractivity contribution in [2.45, 2.75) is 45.4 Å². The Morgan fingerprint density at radius 1 is 1.17 bits per heavy atom. The van der Waals surface area contributed by atoms with Crippen LogP contribution in [0.15, 0.2) is 59.2 Å². The molecular weight excluding hydrogens is 446 g/mol. The average molecular weight is 478 g/mol.